The molecule has 0 saturated carbocycles. The lowest BCUT2D eigenvalue weighted by atomic mass is 10.0. The van der Waals surface area contributed by atoms with Crippen LogP contribution in [0.3, 0.4) is 0 Å². The first-order valence-corrected chi connectivity index (χ1v) is 14.0. The summed E-state index contributed by atoms with van der Waals surface area (Å²) in [6.45, 7) is 0. The summed E-state index contributed by atoms with van der Waals surface area (Å²) in [5.74, 6) is 0.315. The number of pyridine rings is 1. The molecule has 2 aromatic carbocycles. The van der Waals surface area contributed by atoms with Gasteiger partial charge in [0.2, 0.25) is 10.0 Å². The van der Waals surface area contributed by atoms with Gasteiger partial charge < -0.3 is 19.5 Å². The minimum absolute atomic E-state index is 0.0240. The van der Waals surface area contributed by atoms with Crippen LogP contribution in [0, 0.1) is 10.1 Å². The van der Waals surface area contributed by atoms with E-state index in [4.69, 9.17) is 17.0 Å². The summed E-state index contributed by atoms with van der Waals surface area (Å²) in [6, 6.07) is 20.1. The zero-order valence-corrected chi connectivity index (χ0v) is 22.5. The maximum atomic E-state index is 11.8. The Morgan fingerprint density at radius 2 is 1.90 bits per heavy atom. The molecule has 39 heavy (non-hydrogen) atoms. The minimum Gasteiger partial charge on any atom is -0.494 e. The highest BCUT2D eigenvalue weighted by Gasteiger charge is 2.42. The number of methoxy groups -OCH3 is 1. The second-order valence-electron chi connectivity index (χ2n) is 8.84. The molecule has 0 amide bonds. The van der Waals surface area contributed by atoms with E-state index in [9.17, 15) is 18.5 Å². The number of hydrogen-bond donors (Lipinski definition) is 2. The molecule has 2 unspecified atom stereocenters. The van der Waals surface area contributed by atoms with E-state index in [-0.39, 0.29) is 11.7 Å². The number of nitro groups is 1. The van der Waals surface area contributed by atoms with Gasteiger partial charge in [0.05, 0.1) is 41.4 Å². The Balaban J connectivity index is 1.65. The van der Waals surface area contributed by atoms with Crippen molar-refractivity contribution in [1.82, 2.24) is 14.9 Å². The fraction of sp³-hybridized carbons (Fsp3) is 0.154. The first-order valence-electron chi connectivity index (χ1n) is 11.7. The molecule has 2 atom stereocenters. The van der Waals surface area contributed by atoms with Crippen LogP contribution in [0.1, 0.15) is 23.5 Å². The summed E-state index contributed by atoms with van der Waals surface area (Å²) < 4.78 is 33.5. The van der Waals surface area contributed by atoms with Gasteiger partial charge in [-0.25, -0.2) is 8.42 Å². The molecule has 0 spiro atoms. The molecule has 2 aromatic heterocycles. The van der Waals surface area contributed by atoms with Crippen molar-refractivity contribution in [3.63, 3.8) is 0 Å². The topological polar surface area (TPSA) is 132 Å². The van der Waals surface area contributed by atoms with Gasteiger partial charge in [0.25, 0.3) is 5.69 Å². The van der Waals surface area contributed by atoms with E-state index in [1.165, 1.54) is 19.2 Å². The Labute approximate surface area is 230 Å². The van der Waals surface area contributed by atoms with E-state index in [1.807, 2.05) is 46.0 Å². The Hall–Kier alpha value is -4.49. The summed E-state index contributed by atoms with van der Waals surface area (Å²) >= 11 is 5.80. The van der Waals surface area contributed by atoms with Crippen LogP contribution in [-0.4, -0.2) is 41.4 Å². The lowest BCUT2D eigenvalue weighted by Crippen LogP contribution is -2.30. The first-order chi connectivity index (χ1) is 18.7. The van der Waals surface area contributed by atoms with Crippen molar-refractivity contribution >= 4 is 44.4 Å². The number of ether oxygens (including phenoxy) is 1. The number of rotatable bonds is 8. The molecule has 0 radical (unpaired) electrons. The predicted octanol–water partition coefficient (Wildman–Crippen LogP) is 4.34. The van der Waals surface area contributed by atoms with E-state index in [1.54, 1.807) is 36.5 Å². The van der Waals surface area contributed by atoms with Crippen molar-refractivity contribution in [2.75, 3.05) is 23.0 Å². The van der Waals surface area contributed by atoms with Gasteiger partial charge >= 0.3 is 0 Å². The lowest BCUT2D eigenvalue weighted by Gasteiger charge is -2.29. The Kier molecular flexibility index (Phi) is 6.93. The number of sulfonamides is 1. The van der Waals surface area contributed by atoms with Crippen molar-refractivity contribution in [3.8, 4) is 11.4 Å². The number of nitrogens with zero attached hydrogens (tertiary/aromatic N) is 4. The van der Waals surface area contributed by atoms with Crippen LogP contribution in [0.25, 0.3) is 5.69 Å². The zero-order valence-electron chi connectivity index (χ0n) is 20.9. The van der Waals surface area contributed by atoms with Crippen LogP contribution in [-0.2, 0) is 10.0 Å². The molecule has 0 bridgehead atoms. The van der Waals surface area contributed by atoms with Gasteiger partial charge in [-0.2, -0.15) is 0 Å². The number of non-ortho nitro benzene ring substituents is 1. The van der Waals surface area contributed by atoms with Gasteiger partial charge in [-0.3, -0.25) is 19.8 Å². The third kappa shape index (κ3) is 5.26. The molecule has 3 heterocycles. The van der Waals surface area contributed by atoms with E-state index < -0.39 is 21.0 Å². The smallest absolute Gasteiger partial charge is 0.271 e. The average molecular weight is 565 g/mol. The van der Waals surface area contributed by atoms with Gasteiger partial charge in [0.15, 0.2) is 5.11 Å². The number of thiocarbonyl (C=S) groups is 1. The first kappa shape index (κ1) is 26.1. The van der Waals surface area contributed by atoms with Crippen LogP contribution < -0.4 is 19.7 Å². The molecule has 1 saturated heterocycles. The number of nitro benzene ring substituents is 1. The molecule has 2 N–H and O–H groups in total. The van der Waals surface area contributed by atoms with Crippen molar-refractivity contribution < 1.29 is 18.1 Å². The lowest BCUT2D eigenvalue weighted by molar-refractivity contribution is -0.384. The average Bonchev–Trinajstić information content (AvgIpc) is 3.53. The van der Waals surface area contributed by atoms with E-state index >= 15 is 0 Å². The van der Waals surface area contributed by atoms with Gasteiger partial charge in [0.1, 0.15) is 11.8 Å². The van der Waals surface area contributed by atoms with Gasteiger partial charge in [-0.1, -0.05) is 12.1 Å². The van der Waals surface area contributed by atoms with Gasteiger partial charge in [-0.15, -0.1) is 0 Å². The zero-order chi connectivity index (χ0) is 27.7. The summed E-state index contributed by atoms with van der Waals surface area (Å²) in [4.78, 5) is 17.5. The largest absolute Gasteiger partial charge is 0.494 e. The third-order valence-electron chi connectivity index (χ3n) is 6.26. The van der Waals surface area contributed by atoms with Crippen LogP contribution in [0.15, 0.2) is 85.2 Å². The SMILES string of the molecule is COc1cc(N2C(=S)NC(c3ccccn3)C2c2cccn2-c2cccc([N+](=O)[O-])c2)ccc1NS(C)(=O)=O. The van der Waals surface area contributed by atoms with Crippen molar-refractivity contribution in [3.05, 3.63) is 107 Å². The van der Waals surface area contributed by atoms with Crippen LogP contribution in [0.2, 0.25) is 0 Å². The molecule has 13 heteroatoms. The number of nitrogens with one attached hydrogen (secondary N) is 2. The summed E-state index contributed by atoms with van der Waals surface area (Å²) in [7, 11) is -2.08. The molecule has 1 aliphatic rings. The highest BCUT2D eigenvalue weighted by Crippen LogP contribution is 2.44. The maximum Gasteiger partial charge on any atom is 0.271 e. The molecular weight excluding hydrogens is 540 g/mol. The predicted molar refractivity (Wildman–Crippen MR) is 152 cm³/mol. The van der Waals surface area contributed by atoms with E-state index in [0.717, 1.165) is 17.6 Å². The second-order valence-corrected chi connectivity index (χ2v) is 11.0. The molecule has 0 aliphatic carbocycles. The summed E-state index contributed by atoms with van der Waals surface area (Å²) in [6.07, 6.45) is 4.60. The molecular formula is C26H24N6O5S2. The number of aromatic nitrogens is 2. The van der Waals surface area contributed by atoms with E-state index in [2.05, 4.69) is 15.0 Å². The third-order valence-corrected chi connectivity index (χ3v) is 7.16. The molecule has 1 aliphatic heterocycles. The van der Waals surface area contributed by atoms with Gasteiger partial charge in [0, 0.05) is 42.0 Å². The van der Waals surface area contributed by atoms with Crippen LogP contribution in [0.4, 0.5) is 17.1 Å². The molecule has 200 valence electrons. The quantitative estimate of drug-likeness (QED) is 0.182. The van der Waals surface area contributed by atoms with Gasteiger partial charge in [-0.05, 0) is 54.7 Å². The molecule has 11 nitrogen and oxygen atoms in total. The van der Waals surface area contributed by atoms with Crippen LogP contribution in [0.5, 0.6) is 5.75 Å². The van der Waals surface area contributed by atoms with Crippen molar-refractivity contribution in [2.45, 2.75) is 12.1 Å². The molecule has 1 fully saturated rings. The fourth-order valence-electron chi connectivity index (χ4n) is 4.67. The number of benzene rings is 2. The minimum atomic E-state index is -3.53. The monoisotopic (exact) mass is 564 g/mol. The summed E-state index contributed by atoms with van der Waals surface area (Å²) in [5.41, 5.74) is 3.09. The number of anilines is 2. The Morgan fingerprint density at radius 1 is 1.08 bits per heavy atom. The van der Waals surface area contributed by atoms with Crippen molar-refractivity contribution in [1.29, 1.82) is 0 Å². The Morgan fingerprint density at radius 3 is 2.59 bits per heavy atom. The van der Waals surface area contributed by atoms with Crippen LogP contribution >= 0.6 is 12.2 Å². The molecule has 4 aromatic rings. The number of hydrogen-bond acceptors (Lipinski definition) is 7. The highest BCUT2D eigenvalue weighted by atomic mass is 32.2. The maximum absolute atomic E-state index is 11.8. The second kappa shape index (κ2) is 10.3. The normalized spacial score (nSPS) is 17.1. The standard InChI is InChI=1S/C26H24N6O5S2/c1-37-23-16-18(11-12-20(23)29-39(2,35)36)31-25(24(28-26(31)38)21-9-3-4-13-27-21)22-10-6-14-30(22)17-7-5-8-19(15-17)32(33)34/h3-16,24-25,29H,1-2H3,(H,28,38). The Bertz CT molecular complexity index is 1660. The van der Waals surface area contributed by atoms with E-state index in [0.29, 0.717) is 27.9 Å². The summed E-state index contributed by atoms with van der Waals surface area (Å²) in [5, 5.41) is 15.3. The fourth-order valence-corrected chi connectivity index (χ4v) is 5.59. The highest BCUT2D eigenvalue weighted by molar-refractivity contribution is 7.92. The van der Waals surface area contributed by atoms with Crippen molar-refractivity contribution in [2.24, 2.45) is 0 Å². The molecule has 5 rings (SSSR count).